The van der Waals surface area contributed by atoms with Gasteiger partial charge >= 0.3 is 0 Å². The largest absolute Gasteiger partial charge is 0.344 e. The van der Waals surface area contributed by atoms with E-state index in [1.165, 1.54) is 34.4 Å². The minimum Gasteiger partial charge on any atom is -0.344 e. The molecule has 7 heteroatoms. The molecular formula is C21H18FN3O2S. The standard InChI is InChI=1S/C21H18FN3O2S/c1-13-9-18(14(2)25(13)10-15-3-5-16(22)6-4-15)19(26)11-24-12-23-20-17(21(24)27)7-8-28-20/h3-9,12H,10-11H2,1-2H3. The minimum absolute atomic E-state index is 0.0571. The maximum absolute atomic E-state index is 13.1. The molecule has 3 aromatic heterocycles. The predicted molar refractivity (Wildman–Crippen MR) is 108 cm³/mol. The van der Waals surface area contributed by atoms with Crippen LogP contribution in [0.4, 0.5) is 4.39 Å². The number of halogens is 1. The van der Waals surface area contributed by atoms with Crippen molar-refractivity contribution in [2.24, 2.45) is 0 Å². The van der Waals surface area contributed by atoms with Crippen molar-refractivity contribution in [3.8, 4) is 0 Å². The highest BCUT2D eigenvalue weighted by molar-refractivity contribution is 7.16. The smallest absolute Gasteiger partial charge is 0.262 e. The average Bonchev–Trinajstić information content (AvgIpc) is 3.26. The van der Waals surface area contributed by atoms with Gasteiger partial charge in [-0.3, -0.25) is 14.2 Å². The van der Waals surface area contributed by atoms with Crippen LogP contribution in [0.25, 0.3) is 10.2 Å². The summed E-state index contributed by atoms with van der Waals surface area (Å²) in [6.45, 7) is 4.30. The molecule has 0 saturated heterocycles. The van der Waals surface area contributed by atoms with Crippen LogP contribution in [0.5, 0.6) is 0 Å². The van der Waals surface area contributed by atoms with Gasteiger partial charge in [-0.15, -0.1) is 11.3 Å². The van der Waals surface area contributed by atoms with E-state index in [0.717, 1.165) is 17.0 Å². The Kier molecular flexibility index (Phi) is 4.68. The highest BCUT2D eigenvalue weighted by Gasteiger charge is 2.17. The molecule has 0 aliphatic rings. The molecule has 4 aromatic rings. The van der Waals surface area contributed by atoms with E-state index in [9.17, 15) is 14.0 Å². The minimum atomic E-state index is -0.276. The van der Waals surface area contributed by atoms with Crippen LogP contribution in [0.2, 0.25) is 0 Å². The van der Waals surface area contributed by atoms with Crippen molar-refractivity contribution < 1.29 is 9.18 Å². The van der Waals surface area contributed by atoms with Gasteiger partial charge in [0.1, 0.15) is 10.6 Å². The molecule has 0 atom stereocenters. The molecule has 142 valence electrons. The van der Waals surface area contributed by atoms with E-state index < -0.39 is 0 Å². The summed E-state index contributed by atoms with van der Waals surface area (Å²) in [5, 5.41) is 2.34. The summed E-state index contributed by atoms with van der Waals surface area (Å²) in [7, 11) is 0. The fraction of sp³-hybridized carbons (Fsp3) is 0.190. The number of hydrogen-bond acceptors (Lipinski definition) is 4. The zero-order chi connectivity index (χ0) is 19.8. The first-order valence-corrected chi connectivity index (χ1v) is 9.69. The van der Waals surface area contributed by atoms with Gasteiger partial charge in [-0.05, 0) is 49.1 Å². The lowest BCUT2D eigenvalue weighted by Crippen LogP contribution is -2.24. The number of fused-ring (bicyclic) bond motifs is 1. The van der Waals surface area contributed by atoms with Crippen LogP contribution < -0.4 is 5.56 Å². The zero-order valence-corrected chi connectivity index (χ0v) is 16.3. The van der Waals surface area contributed by atoms with Crippen molar-refractivity contribution in [1.29, 1.82) is 0 Å². The first kappa shape index (κ1) is 18.3. The molecule has 3 heterocycles. The van der Waals surface area contributed by atoms with Gasteiger partial charge in [-0.1, -0.05) is 12.1 Å². The molecule has 0 N–H and O–H groups in total. The fourth-order valence-corrected chi connectivity index (χ4v) is 4.07. The van der Waals surface area contributed by atoms with Crippen LogP contribution >= 0.6 is 11.3 Å². The number of aryl methyl sites for hydroxylation is 1. The Labute approximate surface area is 164 Å². The Morgan fingerprint density at radius 3 is 2.68 bits per heavy atom. The molecule has 0 radical (unpaired) electrons. The quantitative estimate of drug-likeness (QED) is 0.481. The van der Waals surface area contributed by atoms with Gasteiger partial charge in [0.25, 0.3) is 5.56 Å². The number of aromatic nitrogens is 3. The van der Waals surface area contributed by atoms with Gasteiger partial charge in [0.15, 0.2) is 5.78 Å². The topological polar surface area (TPSA) is 56.9 Å². The maximum atomic E-state index is 13.1. The summed E-state index contributed by atoms with van der Waals surface area (Å²) in [6, 6.07) is 9.88. The molecular weight excluding hydrogens is 377 g/mol. The van der Waals surface area contributed by atoms with Gasteiger partial charge in [0.05, 0.1) is 18.3 Å². The first-order valence-electron chi connectivity index (χ1n) is 8.81. The summed E-state index contributed by atoms with van der Waals surface area (Å²) in [4.78, 5) is 30.3. The second-order valence-corrected chi connectivity index (χ2v) is 7.63. The Morgan fingerprint density at radius 2 is 1.93 bits per heavy atom. The monoisotopic (exact) mass is 395 g/mol. The first-order chi connectivity index (χ1) is 13.4. The third-order valence-corrected chi connectivity index (χ3v) is 5.71. The summed E-state index contributed by atoms with van der Waals surface area (Å²) < 4.78 is 16.5. The Balaban J connectivity index is 1.61. The van der Waals surface area contributed by atoms with E-state index in [1.807, 2.05) is 29.9 Å². The van der Waals surface area contributed by atoms with Crippen molar-refractivity contribution in [3.05, 3.63) is 86.8 Å². The fourth-order valence-electron chi connectivity index (χ4n) is 3.34. The molecule has 0 bridgehead atoms. The Morgan fingerprint density at radius 1 is 1.18 bits per heavy atom. The molecule has 1 aromatic carbocycles. The molecule has 0 fully saturated rings. The number of ketones is 1. The summed E-state index contributed by atoms with van der Waals surface area (Å²) >= 11 is 1.40. The van der Waals surface area contributed by atoms with Crippen molar-refractivity contribution in [3.63, 3.8) is 0 Å². The third-order valence-electron chi connectivity index (χ3n) is 4.89. The van der Waals surface area contributed by atoms with E-state index in [1.54, 1.807) is 18.2 Å². The highest BCUT2D eigenvalue weighted by atomic mass is 32.1. The van der Waals surface area contributed by atoms with E-state index in [2.05, 4.69) is 4.98 Å². The molecule has 4 rings (SSSR count). The van der Waals surface area contributed by atoms with Crippen LogP contribution in [-0.4, -0.2) is 19.9 Å². The number of Topliss-reactive ketones (excluding diaryl/α,β-unsaturated/α-hetero) is 1. The molecule has 0 spiro atoms. The van der Waals surface area contributed by atoms with E-state index in [-0.39, 0.29) is 23.7 Å². The lowest BCUT2D eigenvalue weighted by molar-refractivity contribution is 0.0970. The number of nitrogens with zero attached hydrogens (tertiary/aromatic N) is 3. The average molecular weight is 395 g/mol. The van der Waals surface area contributed by atoms with Gasteiger partial charge in [0.2, 0.25) is 0 Å². The summed E-state index contributed by atoms with van der Waals surface area (Å²) in [6.07, 6.45) is 1.43. The zero-order valence-electron chi connectivity index (χ0n) is 15.5. The summed E-state index contributed by atoms with van der Waals surface area (Å²) in [5.74, 6) is -0.417. The maximum Gasteiger partial charge on any atom is 0.262 e. The van der Waals surface area contributed by atoms with E-state index in [0.29, 0.717) is 22.3 Å². The number of rotatable bonds is 5. The van der Waals surface area contributed by atoms with Crippen LogP contribution in [0, 0.1) is 19.7 Å². The molecule has 0 amide bonds. The van der Waals surface area contributed by atoms with Crippen LogP contribution in [0.1, 0.15) is 27.3 Å². The Hall–Kier alpha value is -3.06. The second kappa shape index (κ2) is 7.16. The Bertz CT molecular complexity index is 1240. The van der Waals surface area contributed by atoms with Crippen molar-refractivity contribution >= 4 is 27.3 Å². The molecule has 5 nitrogen and oxygen atoms in total. The van der Waals surface area contributed by atoms with Crippen LogP contribution in [0.15, 0.2) is 52.9 Å². The van der Waals surface area contributed by atoms with Crippen molar-refractivity contribution in [2.75, 3.05) is 0 Å². The number of benzene rings is 1. The van der Waals surface area contributed by atoms with Gasteiger partial charge in [-0.25, -0.2) is 9.37 Å². The van der Waals surface area contributed by atoms with Gasteiger partial charge in [0, 0.05) is 23.5 Å². The van der Waals surface area contributed by atoms with Crippen LogP contribution in [-0.2, 0) is 13.1 Å². The number of thiophene rings is 1. The molecule has 0 aliphatic heterocycles. The highest BCUT2D eigenvalue weighted by Crippen LogP contribution is 2.19. The number of carbonyl (C=O) groups is 1. The van der Waals surface area contributed by atoms with Crippen LogP contribution in [0.3, 0.4) is 0 Å². The number of hydrogen-bond donors (Lipinski definition) is 0. The molecule has 28 heavy (non-hydrogen) atoms. The normalized spacial score (nSPS) is 11.2. The van der Waals surface area contributed by atoms with Crippen molar-refractivity contribution in [2.45, 2.75) is 26.9 Å². The number of carbonyl (C=O) groups excluding carboxylic acids is 1. The lowest BCUT2D eigenvalue weighted by atomic mass is 10.1. The molecule has 0 saturated carbocycles. The summed E-state index contributed by atoms with van der Waals surface area (Å²) in [5.41, 5.74) is 3.08. The SMILES string of the molecule is Cc1cc(C(=O)Cn2cnc3sccc3c2=O)c(C)n1Cc1ccc(F)cc1. The van der Waals surface area contributed by atoms with Gasteiger partial charge in [-0.2, -0.15) is 0 Å². The van der Waals surface area contributed by atoms with E-state index in [4.69, 9.17) is 0 Å². The van der Waals surface area contributed by atoms with Gasteiger partial charge < -0.3 is 4.57 Å². The lowest BCUT2D eigenvalue weighted by Gasteiger charge is -2.10. The third kappa shape index (κ3) is 3.29. The van der Waals surface area contributed by atoms with E-state index >= 15 is 0 Å². The predicted octanol–water partition coefficient (Wildman–Crippen LogP) is 3.95. The molecule has 0 aliphatic carbocycles. The second-order valence-electron chi connectivity index (χ2n) is 6.74. The van der Waals surface area contributed by atoms with Crippen molar-refractivity contribution in [1.82, 2.24) is 14.1 Å². The molecule has 0 unspecified atom stereocenters.